The highest BCUT2D eigenvalue weighted by Crippen LogP contribution is 2.23. The smallest absolute Gasteiger partial charge is 0.451 e. The zero-order valence-corrected chi connectivity index (χ0v) is 14.4. The fourth-order valence-electron chi connectivity index (χ4n) is 3.37. The van der Waals surface area contributed by atoms with E-state index in [-0.39, 0.29) is 6.32 Å². The number of hydrogen-bond donors (Lipinski definition) is 4. The molecule has 0 bridgehead atoms. The van der Waals surface area contributed by atoms with Gasteiger partial charge in [0.25, 0.3) is 0 Å². The molecule has 1 rings (SSSR count). The van der Waals surface area contributed by atoms with Crippen LogP contribution >= 0.6 is 0 Å². The third-order valence-corrected chi connectivity index (χ3v) is 5.04. The molecule has 0 aliphatic carbocycles. The quantitative estimate of drug-likeness (QED) is 0.337. The molecule has 0 amide bonds. The van der Waals surface area contributed by atoms with Crippen LogP contribution in [0.25, 0.3) is 0 Å². The predicted molar refractivity (Wildman–Crippen MR) is 92.1 cm³/mol. The van der Waals surface area contributed by atoms with E-state index in [1.54, 1.807) is 0 Å². The van der Waals surface area contributed by atoms with E-state index < -0.39 is 18.6 Å². The van der Waals surface area contributed by atoms with E-state index in [4.69, 9.17) is 15.8 Å². The van der Waals surface area contributed by atoms with Crippen LogP contribution in [0, 0.1) is 5.92 Å². The maximum absolute atomic E-state index is 11.5. The Labute approximate surface area is 140 Å². The monoisotopic (exact) mass is 328 g/mol. The summed E-state index contributed by atoms with van der Waals surface area (Å²) >= 11 is 0. The summed E-state index contributed by atoms with van der Waals surface area (Å²) < 4.78 is 0. The summed E-state index contributed by atoms with van der Waals surface area (Å²) in [6.45, 7) is 5.02. The molecule has 134 valence electrons. The third-order valence-electron chi connectivity index (χ3n) is 5.04. The molecule has 0 saturated carbocycles. The number of nitrogens with zero attached hydrogens (tertiary/aromatic N) is 1. The molecule has 1 saturated heterocycles. The largest absolute Gasteiger partial charge is 0.480 e. The van der Waals surface area contributed by atoms with Gasteiger partial charge in [-0.25, -0.2) is 0 Å². The zero-order valence-electron chi connectivity index (χ0n) is 14.4. The second-order valence-corrected chi connectivity index (χ2v) is 7.01. The molecule has 1 heterocycles. The highest BCUT2D eigenvalue weighted by Gasteiger charge is 2.34. The van der Waals surface area contributed by atoms with Gasteiger partial charge in [-0.2, -0.15) is 0 Å². The average Bonchev–Trinajstić information content (AvgIpc) is 2.51. The maximum Gasteiger partial charge on any atom is 0.451 e. The highest BCUT2D eigenvalue weighted by atomic mass is 16.4. The van der Waals surface area contributed by atoms with Gasteiger partial charge in [-0.1, -0.05) is 32.6 Å². The van der Waals surface area contributed by atoms with E-state index in [1.807, 2.05) is 0 Å². The molecule has 1 fully saturated rings. The van der Waals surface area contributed by atoms with Crippen molar-refractivity contribution in [1.82, 2.24) is 4.90 Å². The molecule has 0 aromatic heterocycles. The Morgan fingerprint density at radius 1 is 1.26 bits per heavy atom. The normalized spacial score (nSPS) is 19.5. The average molecular weight is 328 g/mol. The van der Waals surface area contributed by atoms with Gasteiger partial charge in [-0.15, -0.1) is 0 Å². The van der Waals surface area contributed by atoms with E-state index in [0.717, 1.165) is 25.6 Å². The second-order valence-electron chi connectivity index (χ2n) is 7.01. The molecule has 1 aliphatic heterocycles. The third kappa shape index (κ3) is 7.66. The predicted octanol–water partition coefficient (Wildman–Crippen LogP) is 1.31. The minimum atomic E-state index is -1.32. The number of unbranched alkanes of at least 4 members (excludes halogenated alkanes) is 1. The Morgan fingerprint density at radius 2 is 1.91 bits per heavy atom. The number of likely N-dealkylation sites (tertiary alicyclic amines) is 1. The van der Waals surface area contributed by atoms with Gasteiger partial charge in [-0.05, 0) is 51.0 Å². The van der Waals surface area contributed by atoms with Crippen LogP contribution in [0.1, 0.15) is 58.3 Å². The molecule has 7 heteroatoms. The molecule has 0 radical (unpaired) electrons. The van der Waals surface area contributed by atoms with E-state index in [1.165, 1.54) is 25.7 Å². The molecule has 0 aromatic carbocycles. The van der Waals surface area contributed by atoms with E-state index in [0.29, 0.717) is 25.7 Å². The highest BCUT2D eigenvalue weighted by molar-refractivity contribution is 6.40. The molecule has 1 atom stereocenters. The number of carboxylic acids is 1. The molecular formula is C16H33BN2O4. The summed E-state index contributed by atoms with van der Waals surface area (Å²) in [5.74, 6) is -0.133. The second kappa shape index (κ2) is 10.3. The molecule has 6 nitrogen and oxygen atoms in total. The van der Waals surface area contributed by atoms with Crippen molar-refractivity contribution in [3.05, 3.63) is 0 Å². The SMILES string of the molecule is CCCC1CCN(CCC(N)(CCCCB(O)O)C(=O)O)CC1. The van der Waals surface area contributed by atoms with Crippen molar-refractivity contribution in [2.45, 2.75) is 70.1 Å². The Hall–Kier alpha value is -0.625. The Bertz CT molecular complexity index is 349. The molecule has 1 aliphatic rings. The topological polar surface area (TPSA) is 107 Å². The minimum Gasteiger partial charge on any atom is -0.480 e. The first-order valence-corrected chi connectivity index (χ1v) is 8.98. The van der Waals surface area contributed by atoms with Gasteiger partial charge in [0.2, 0.25) is 0 Å². The summed E-state index contributed by atoms with van der Waals surface area (Å²) in [6.07, 6.45) is 7.19. The van der Waals surface area contributed by atoms with Gasteiger partial charge in [0.05, 0.1) is 0 Å². The lowest BCUT2D eigenvalue weighted by Gasteiger charge is -2.34. The van der Waals surface area contributed by atoms with Gasteiger partial charge in [0, 0.05) is 6.54 Å². The molecular weight excluding hydrogens is 295 g/mol. The first-order chi connectivity index (χ1) is 10.9. The number of piperidine rings is 1. The van der Waals surface area contributed by atoms with Crippen molar-refractivity contribution in [1.29, 1.82) is 0 Å². The number of carboxylic acid groups (broad SMARTS) is 1. The van der Waals surface area contributed by atoms with Crippen LogP contribution in [0.5, 0.6) is 0 Å². The van der Waals surface area contributed by atoms with Crippen molar-refractivity contribution in [3.63, 3.8) is 0 Å². The fraction of sp³-hybridized carbons (Fsp3) is 0.938. The Balaban J connectivity index is 2.33. The Morgan fingerprint density at radius 3 is 2.43 bits per heavy atom. The maximum atomic E-state index is 11.5. The van der Waals surface area contributed by atoms with Crippen LogP contribution < -0.4 is 5.73 Å². The van der Waals surface area contributed by atoms with E-state index in [2.05, 4.69) is 11.8 Å². The Kier molecular flexibility index (Phi) is 9.13. The lowest BCUT2D eigenvalue weighted by Crippen LogP contribution is -2.50. The van der Waals surface area contributed by atoms with Crippen molar-refractivity contribution in [2.75, 3.05) is 19.6 Å². The number of carbonyl (C=O) groups is 1. The number of hydrogen-bond acceptors (Lipinski definition) is 5. The summed E-state index contributed by atoms with van der Waals surface area (Å²) in [4.78, 5) is 13.8. The summed E-state index contributed by atoms with van der Waals surface area (Å²) in [7, 11) is -1.32. The summed E-state index contributed by atoms with van der Waals surface area (Å²) in [6, 6.07) is 0. The van der Waals surface area contributed by atoms with Gasteiger partial charge < -0.3 is 25.8 Å². The molecule has 23 heavy (non-hydrogen) atoms. The minimum absolute atomic E-state index is 0.265. The van der Waals surface area contributed by atoms with Crippen LogP contribution in [-0.2, 0) is 4.79 Å². The molecule has 5 N–H and O–H groups in total. The van der Waals surface area contributed by atoms with Crippen LogP contribution in [0.4, 0.5) is 0 Å². The number of aliphatic carboxylic acids is 1. The van der Waals surface area contributed by atoms with Crippen LogP contribution in [-0.4, -0.2) is 58.3 Å². The first-order valence-electron chi connectivity index (χ1n) is 8.98. The molecule has 1 unspecified atom stereocenters. The van der Waals surface area contributed by atoms with Gasteiger partial charge in [0.15, 0.2) is 0 Å². The van der Waals surface area contributed by atoms with Crippen molar-refractivity contribution in [3.8, 4) is 0 Å². The summed E-state index contributed by atoms with van der Waals surface area (Å²) in [5.41, 5.74) is 4.89. The van der Waals surface area contributed by atoms with Crippen LogP contribution in [0.3, 0.4) is 0 Å². The number of rotatable bonds is 11. The van der Waals surface area contributed by atoms with Crippen molar-refractivity contribution >= 4 is 13.1 Å². The summed E-state index contributed by atoms with van der Waals surface area (Å²) in [5, 5.41) is 27.1. The van der Waals surface area contributed by atoms with Crippen LogP contribution in [0.15, 0.2) is 0 Å². The fourth-order valence-corrected chi connectivity index (χ4v) is 3.37. The standard InChI is InChI=1S/C16H33BN2O4/c1-2-5-14-6-11-19(12-7-14)13-9-16(18,15(20)21)8-3-4-10-17(22)23/h14,22-23H,2-13,18H2,1H3,(H,20,21). The molecule has 0 spiro atoms. The van der Waals surface area contributed by atoms with Gasteiger partial charge in [0.1, 0.15) is 5.54 Å². The van der Waals surface area contributed by atoms with E-state index in [9.17, 15) is 9.90 Å². The van der Waals surface area contributed by atoms with E-state index >= 15 is 0 Å². The van der Waals surface area contributed by atoms with Crippen LogP contribution in [0.2, 0.25) is 6.32 Å². The van der Waals surface area contributed by atoms with Gasteiger partial charge >= 0.3 is 13.1 Å². The van der Waals surface area contributed by atoms with Crippen molar-refractivity contribution in [2.24, 2.45) is 11.7 Å². The number of nitrogens with two attached hydrogens (primary N) is 1. The lowest BCUT2D eigenvalue weighted by atomic mass is 9.81. The van der Waals surface area contributed by atoms with Gasteiger partial charge in [-0.3, -0.25) is 4.79 Å². The first kappa shape index (κ1) is 20.4. The molecule has 0 aromatic rings. The van der Waals surface area contributed by atoms with Crippen molar-refractivity contribution < 1.29 is 19.9 Å². The lowest BCUT2D eigenvalue weighted by molar-refractivity contribution is -0.144. The zero-order chi connectivity index (χ0) is 17.3.